The molecule has 4 unspecified atom stereocenters. The van der Waals surface area contributed by atoms with Crippen LogP contribution in [0, 0.1) is 0 Å². The van der Waals surface area contributed by atoms with Crippen LogP contribution in [-0.4, -0.2) is 65.1 Å². The van der Waals surface area contributed by atoms with E-state index in [2.05, 4.69) is 0 Å². The topological polar surface area (TPSA) is 46.2 Å². The van der Waals surface area contributed by atoms with Crippen molar-refractivity contribution in [1.29, 1.82) is 0 Å². The molecule has 0 aromatic heterocycles. The molecule has 5 heteroatoms. The third-order valence-corrected chi connectivity index (χ3v) is 2.77. The van der Waals surface area contributed by atoms with Gasteiger partial charge in [0.1, 0.15) is 24.4 Å². The first-order chi connectivity index (χ1) is 7.36. The van der Waals surface area contributed by atoms with Crippen LogP contribution in [0.25, 0.3) is 0 Å². The minimum absolute atomic E-state index is 0.0150. The summed E-state index contributed by atoms with van der Waals surface area (Å²) in [5.74, 6) is 0. The van der Waals surface area contributed by atoms with Gasteiger partial charge in [-0.05, 0) is 0 Å². The normalized spacial score (nSPS) is 40.4. The molecule has 2 heterocycles. The van der Waals surface area contributed by atoms with Gasteiger partial charge in [0.25, 0.3) is 0 Å². The van der Waals surface area contributed by atoms with Crippen LogP contribution in [0.1, 0.15) is 0 Å². The molecule has 0 aromatic rings. The van der Waals surface area contributed by atoms with E-state index in [-0.39, 0.29) is 24.4 Å². The summed E-state index contributed by atoms with van der Waals surface area (Å²) in [4.78, 5) is 0. The number of hydrogen-bond acceptors (Lipinski definition) is 5. The Morgan fingerprint density at radius 1 is 0.933 bits per heavy atom. The molecule has 2 aliphatic rings. The molecule has 15 heavy (non-hydrogen) atoms. The molecule has 0 N–H and O–H groups in total. The molecule has 0 aromatic carbocycles. The van der Waals surface area contributed by atoms with Gasteiger partial charge in [0.05, 0.1) is 26.4 Å². The predicted octanol–water partition coefficient (Wildman–Crippen LogP) is -0.169. The maximum Gasteiger partial charge on any atom is 0.115 e. The summed E-state index contributed by atoms with van der Waals surface area (Å²) in [5, 5.41) is 0. The Morgan fingerprint density at radius 2 is 1.40 bits per heavy atom. The van der Waals surface area contributed by atoms with Crippen molar-refractivity contribution >= 4 is 0 Å². The first kappa shape index (κ1) is 11.3. The Kier molecular flexibility index (Phi) is 3.93. The van der Waals surface area contributed by atoms with Gasteiger partial charge >= 0.3 is 0 Å². The van der Waals surface area contributed by atoms with Crippen molar-refractivity contribution in [3.8, 4) is 0 Å². The van der Waals surface area contributed by atoms with Crippen LogP contribution in [0.5, 0.6) is 0 Å². The van der Waals surface area contributed by atoms with Crippen molar-refractivity contribution in [3.05, 3.63) is 0 Å². The van der Waals surface area contributed by atoms with Gasteiger partial charge in [-0.1, -0.05) is 0 Å². The Hall–Kier alpha value is -0.200. The molecule has 88 valence electrons. The summed E-state index contributed by atoms with van der Waals surface area (Å²) in [7, 11) is 3.32. The van der Waals surface area contributed by atoms with Crippen molar-refractivity contribution in [3.63, 3.8) is 0 Å². The summed E-state index contributed by atoms with van der Waals surface area (Å²) in [6.07, 6.45) is -0.112. The third-order valence-electron chi connectivity index (χ3n) is 2.77. The monoisotopic (exact) mass is 218 g/mol. The molecule has 2 saturated heterocycles. The second-order valence-electron chi connectivity index (χ2n) is 3.79. The van der Waals surface area contributed by atoms with Crippen molar-refractivity contribution in [2.45, 2.75) is 24.4 Å². The Morgan fingerprint density at radius 3 is 1.80 bits per heavy atom. The predicted molar refractivity (Wildman–Crippen MR) is 51.9 cm³/mol. The lowest BCUT2D eigenvalue weighted by Crippen LogP contribution is -2.44. The lowest BCUT2D eigenvalue weighted by molar-refractivity contribution is -0.139. The molecule has 0 radical (unpaired) electrons. The summed E-state index contributed by atoms with van der Waals surface area (Å²) in [5.41, 5.74) is 0. The lowest BCUT2D eigenvalue weighted by atomic mass is 10.1. The van der Waals surface area contributed by atoms with Crippen LogP contribution in [0.2, 0.25) is 0 Å². The molecule has 0 spiro atoms. The van der Waals surface area contributed by atoms with E-state index in [4.69, 9.17) is 23.7 Å². The molecule has 0 amide bonds. The summed E-state index contributed by atoms with van der Waals surface area (Å²) < 4.78 is 27.3. The van der Waals surface area contributed by atoms with Gasteiger partial charge in [-0.2, -0.15) is 0 Å². The van der Waals surface area contributed by atoms with Gasteiger partial charge in [0.15, 0.2) is 0 Å². The van der Waals surface area contributed by atoms with E-state index in [1.807, 2.05) is 0 Å². The average molecular weight is 218 g/mol. The van der Waals surface area contributed by atoms with Crippen molar-refractivity contribution in [2.24, 2.45) is 0 Å². The summed E-state index contributed by atoms with van der Waals surface area (Å²) >= 11 is 0. The quantitative estimate of drug-likeness (QED) is 0.655. The van der Waals surface area contributed by atoms with Crippen LogP contribution in [0.4, 0.5) is 0 Å². The Bertz CT molecular complexity index is 178. The SMILES string of the molecule is COCC1OC(COC)C2OCCOC12. The van der Waals surface area contributed by atoms with Crippen molar-refractivity contribution in [1.82, 2.24) is 0 Å². The van der Waals surface area contributed by atoms with Gasteiger partial charge in [-0.15, -0.1) is 0 Å². The van der Waals surface area contributed by atoms with E-state index in [0.717, 1.165) is 0 Å². The number of ether oxygens (including phenoxy) is 5. The van der Waals surface area contributed by atoms with Crippen LogP contribution in [0.3, 0.4) is 0 Å². The highest BCUT2D eigenvalue weighted by molar-refractivity contribution is 4.94. The lowest BCUT2D eigenvalue weighted by Gasteiger charge is -2.29. The standard InChI is InChI=1S/C10H18O5/c1-11-5-7-9-10(14-4-3-13-9)8(15-7)6-12-2/h7-10H,3-6H2,1-2H3. The second-order valence-corrected chi connectivity index (χ2v) is 3.79. The van der Waals surface area contributed by atoms with Gasteiger partial charge in [-0.25, -0.2) is 0 Å². The number of fused-ring (bicyclic) bond motifs is 1. The summed E-state index contributed by atoms with van der Waals surface area (Å²) in [6.45, 7) is 2.32. The molecule has 0 saturated carbocycles. The zero-order valence-corrected chi connectivity index (χ0v) is 9.18. The Balaban J connectivity index is 1.98. The Labute approximate surface area is 89.6 Å². The highest BCUT2D eigenvalue weighted by Gasteiger charge is 2.47. The van der Waals surface area contributed by atoms with Gasteiger partial charge in [0, 0.05) is 14.2 Å². The molecule has 2 aliphatic heterocycles. The zero-order chi connectivity index (χ0) is 10.7. The van der Waals surface area contributed by atoms with Crippen LogP contribution >= 0.6 is 0 Å². The first-order valence-corrected chi connectivity index (χ1v) is 5.23. The van der Waals surface area contributed by atoms with Gasteiger partial charge in [0.2, 0.25) is 0 Å². The van der Waals surface area contributed by atoms with E-state index in [0.29, 0.717) is 26.4 Å². The third kappa shape index (κ3) is 2.32. The molecular weight excluding hydrogens is 200 g/mol. The van der Waals surface area contributed by atoms with E-state index >= 15 is 0 Å². The number of rotatable bonds is 4. The van der Waals surface area contributed by atoms with Crippen LogP contribution in [-0.2, 0) is 23.7 Å². The largest absolute Gasteiger partial charge is 0.382 e. The van der Waals surface area contributed by atoms with Gasteiger partial charge < -0.3 is 23.7 Å². The highest BCUT2D eigenvalue weighted by Crippen LogP contribution is 2.29. The van der Waals surface area contributed by atoms with Gasteiger partial charge in [-0.3, -0.25) is 0 Å². The summed E-state index contributed by atoms with van der Waals surface area (Å²) in [6, 6.07) is 0. The molecule has 2 rings (SSSR count). The van der Waals surface area contributed by atoms with Crippen molar-refractivity contribution in [2.75, 3.05) is 40.6 Å². The minimum atomic E-state index is -0.0413. The van der Waals surface area contributed by atoms with E-state index in [1.54, 1.807) is 14.2 Å². The fourth-order valence-corrected chi connectivity index (χ4v) is 2.17. The zero-order valence-electron chi connectivity index (χ0n) is 9.18. The second kappa shape index (κ2) is 5.23. The van der Waals surface area contributed by atoms with E-state index in [9.17, 15) is 0 Å². The molecule has 5 nitrogen and oxygen atoms in total. The maximum absolute atomic E-state index is 5.79. The minimum Gasteiger partial charge on any atom is -0.382 e. The van der Waals surface area contributed by atoms with Crippen molar-refractivity contribution < 1.29 is 23.7 Å². The van der Waals surface area contributed by atoms with E-state index < -0.39 is 0 Å². The fraction of sp³-hybridized carbons (Fsp3) is 1.00. The molecule has 4 atom stereocenters. The van der Waals surface area contributed by atoms with Crippen LogP contribution in [0.15, 0.2) is 0 Å². The molecule has 0 aliphatic carbocycles. The number of methoxy groups -OCH3 is 2. The highest BCUT2D eigenvalue weighted by atomic mass is 16.6. The molecule has 0 bridgehead atoms. The first-order valence-electron chi connectivity index (χ1n) is 5.23. The van der Waals surface area contributed by atoms with Crippen LogP contribution < -0.4 is 0 Å². The maximum atomic E-state index is 5.79. The average Bonchev–Trinajstić information content (AvgIpc) is 2.59. The molecule has 2 fully saturated rings. The smallest absolute Gasteiger partial charge is 0.115 e. The fourth-order valence-electron chi connectivity index (χ4n) is 2.17. The number of hydrogen-bond donors (Lipinski definition) is 0. The molecular formula is C10H18O5. The van der Waals surface area contributed by atoms with E-state index in [1.165, 1.54) is 0 Å².